The van der Waals surface area contributed by atoms with Crippen molar-refractivity contribution in [3.05, 3.63) is 200 Å². The van der Waals surface area contributed by atoms with Crippen LogP contribution in [0.1, 0.15) is 0 Å². The van der Waals surface area contributed by atoms with E-state index < -0.39 is 0 Å². The van der Waals surface area contributed by atoms with Crippen LogP contribution in [0.3, 0.4) is 0 Å². The number of rotatable bonds is 6. The predicted octanol–water partition coefficient (Wildman–Crippen LogP) is 15.6. The number of nitrogens with zero attached hydrogens (tertiary/aromatic N) is 1. The number of furan rings is 1. The Hall–Kier alpha value is -6.94. The topological polar surface area (TPSA) is 16.4 Å². The van der Waals surface area contributed by atoms with Gasteiger partial charge in [0.2, 0.25) is 0 Å². The molecule has 0 N–H and O–H groups in total. The molecule has 0 unspecified atom stereocenters. The quantitative estimate of drug-likeness (QED) is 0.170. The average Bonchev–Trinajstić information content (AvgIpc) is 3.84. The van der Waals surface area contributed by atoms with Crippen molar-refractivity contribution in [2.24, 2.45) is 0 Å². The van der Waals surface area contributed by atoms with Crippen molar-refractivity contribution in [1.82, 2.24) is 0 Å². The lowest BCUT2D eigenvalue weighted by Gasteiger charge is -2.31. The van der Waals surface area contributed by atoms with Crippen LogP contribution in [-0.2, 0) is 0 Å². The van der Waals surface area contributed by atoms with E-state index in [1.165, 1.54) is 36.9 Å². The third-order valence-electron chi connectivity index (χ3n) is 10.9. The molecule has 0 bridgehead atoms. The van der Waals surface area contributed by atoms with E-state index in [0.717, 1.165) is 66.5 Å². The summed E-state index contributed by atoms with van der Waals surface area (Å²) in [4.78, 5) is 2.47. The molecule has 0 atom stereocenters. The summed E-state index contributed by atoms with van der Waals surface area (Å²) in [6, 6.07) is 72.2. The summed E-state index contributed by atoms with van der Waals surface area (Å²) in [5, 5.41) is 7.06. The molecular formula is C52H33NOS. The highest BCUT2D eigenvalue weighted by molar-refractivity contribution is 7.25. The van der Waals surface area contributed by atoms with Crippen LogP contribution in [0.2, 0.25) is 0 Å². The number of anilines is 3. The van der Waals surface area contributed by atoms with Crippen molar-refractivity contribution >= 4 is 81.3 Å². The van der Waals surface area contributed by atoms with E-state index in [4.69, 9.17) is 4.42 Å². The van der Waals surface area contributed by atoms with E-state index in [1.807, 2.05) is 11.3 Å². The number of hydrogen-bond acceptors (Lipinski definition) is 3. The Morgan fingerprint density at radius 1 is 0.364 bits per heavy atom. The van der Waals surface area contributed by atoms with Crippen molar-refractivity contribution in [2.75, 3.05) is 4.90 Å². The highest BCUT2D eigenvalue weighted by Gasteiger charge is 2.25. The van der Waals surface area contributed by atoms with Crippen molar-refractivity contribution in [3.63, 3.8) is 0 Å². The van der Waals surface area contributed by atoms with Gasteiger partial charge in [0.25, 0.3) is 0 Å². The molecule has 2 nitrogen and oxygen atoms in total. The fourth-order valence-electron chi connectivity index (χ4n) is 8.31. The van der Waals surface area contributed by atoms with Gasteiger partial charge in [-0.3, -0.25) is 0 Å². The van der Waals surface area contributed by atoms with Gasteiger partial charge in [0.05, 0.1) is 22.4 Å². The highest BCUT2D eigenvalue weighted by Crippen LogP contribution is 2.50. The molecule has 258 valence electrons. The third-order valence-corrected chi connectivity index (χ3v) is 12.0. The van der Waals surface area contributed by atoms with Crippen LogP contribution in [0.5, 0.6) is 0 Å². The first-order valence-corrected chi connectivity index (χ1v) is 19.5. The van der Waals surface area contributed by atoms with Gasteiger partial charge >= 0.3 is 0 Å². The lowest BCUT2D eigenvalue weighted by molar-refractivity contribution is 0.672. The molecule has 11 rings (SSSR count). The van der Waals surface area contributed by atoms with Gasteiger partial charge in [-0.05, 0) is 76.2 Å². The van der Waals surface area contributed by atoms with Gasteiger partial charge in [0.1, 0.15) is 11.2 Å². The first-order valence-electron chi connectivity index (χ1n) is 18.7. The molecular weight excluding hydrogens is 687 g/mol. The van der Waals surface area contributed by atoms with Crippen LogP contribution in [0.25, 0.3) is 86.3 Å². The molecule has 0 radical (unpaired) electrons. The zero-order valence-electron chi connectivity index (χ0n) is 29.8. The molecule has 11 aromatic rings. The smallest absolute Gasteiger partial charge is 0.143 e. The Kier molecular flexibility index (Phi) is 7.39. The van der Waals surface area contributed by atoms with E-state index in [-0.39, 0.29) is 0 Å². The lowest BCUT2D eigenvalue weighted by Crippen LogP contribution is -2.13. The Morgan fingerprint density at radius 2 is 1.02 bits per heavy atom. The summed E-state index contributed by atoms with van der Waals surface area (Å²) >= 11 is 1.86. The molecule has 0 fully saturated rings. The minimum atomic E-state index is 0.861. The summed E-state index contributed by atoms with van der Waals surface area (Å²) in [7, 11) is 0. The molecule has 0 aliphatic rings. The summed E-state index contributed by atoms with van der Waals surface area (Å²) in [5.74, 6) is 0. The van der Waals surface area contributed by atoms with Gasteiger partial charge in [-0.2, -0.15) is 0 Å². The van der Waals surface area contributed by atoms with Crippen molar-refractivity contribution in [1.29, 1.82) is 0 Å². The molecule has 55 heavy (non-hydrogen) atoms. The number of para-hydroxylation sites is 1. The first-order chi connectivity index (χ1) is 27.3. The second-order valence-electron chi connectivity index (χ2n) is 14.0. The maximum absolute atomic E-state index is 6.79. The van der Waals surface area contributed by atoms with Crippen LogP contribution in [-0.4, -0.2) is 0 Å². The maximum atomic E-state index is 6.79. The second-order valence-corrected chi connectivity index (χ2v) is 15.1. The summed E-state index contributed by atoms with van der Waals surface area (Å²) < 4.78 is 9.38. The van der Waals surface area contributed by atoms with E-state index in [2.05, 4.69) is 205 Å². The SMILES string of the molecule is c1ccc(-c2ccc(N(c3ccccc3-c3ccc4c(c3)sc3ccccc34)c3cccc4oc5c6ccccc6ccc5c34)c(-c3ccccc3)c2)cc1. The van der Waals surface area contributed by atoms with Crippen molar-refractivity contribution in [2.45, 2.75) is 0 Å². The fourth-order valence-corrected chi connectivity index (χ4v) is 9.45. The molecule has 2 aromatic heterocycles. The van der Waals surface area contributed by atoms with E-state index >= 15 is 0 Å². The molecule has 2 heterocycles. The lowest BCUT2D eigenvalue weighted by atomic mass is 9.94. The zero-order valence-corrected chi connectivity index (χ0v) is 30.6. The monoisotopic (exact) mass is 719 g/mol. The summed E-state index contributed by atoms with van der Waals surface area (Å²) in [5.41, 5.74) is 12.0. The van der Waals surface area contributed by atoms with E-state index in [9.17, 15) is 0 Å². The Bertz CT molecular complexity index is 3210. The van der Waals surface area contributed by atoms with E-state index in [0.29, 0.717) is 0 Å². The summed E-state index contributed by atoms with van der Waals surface area (Å²) in [6.45, 7) is 0. The summed E-state index contributed by atoms with van der Waals surface area (Å²) in [6.07, 6.45) is 0. The van der Waals surface area contributed by atoms with Gasteiger partial charge in [-0.15, -0.1) is 11.3 Å². The molecule has 0 amide bonds. The molecule has 0 aliphatic heterocycles. The molecule has 0 spiro atoms. The number of benzene rings is 9. The Morgan fingerprint density at radius 3 is 1.89 bits per heavy atom. The second kappa shape index (κ2) is 12.9. The number of fused-ring (bicyclic) bond motifs is 8. The number of hydrogen-bond donors (Lipinski definition) is 0. The van der Waals surface area contributed by atoms with E-state index in [1.54, 1.807) is 0 Å². The van der Waals surface area contributed by atoms with Gasteiger partial charge in [-0.1, -0.05) is 152 Å². The van der Waals surface area contributed by atoms with Gasteiger partial charge in [0, 0.05) is 42.1 Å². The Balaban J connectivity index is 1.22. The van der Waals surface area contributed by atoms with Crippen molar-refractivity contribution in [3.8, 4) is 33.4 Å². The van der Waals surface area contributed by atoms with Gasteiger partial charge in [0.15, 0.2) is 0 Å². The molecule has 0 saturated carbocycles. The minimum Gasteiger partial charge on any atom is -0.455 e. The van der Waals surface area contributed by atoms with Gasteiger partial charge in [-0.25, -0.2) is 0 Å². The molecule has 0 saturated heterocycles. The fraction of sp³-hybridized carbons (Fsp3) is 0. The van der Waals surface area contributed by atoms with Crippen molar-refractivity contribution < 1.29 is 4.42 Å². The largest absolute Gasteiger partial charge is 0.455 e. The Labute approximate surface area is 322 Å². The molecule has 3 heteroatoms. The van der Waals surface area contributed by atoms with Crippen LogP contribution in [0, 0.1) is 0 Å². The third kappa shape index (κ3) is 5.24. The van der Waals surface area contributed by atoms with Crippen LogP contribution < -0.4 is 4.90 Å². The average molecular weight is 720 g/mol. The predicted molar refractivity (Wildman–Crippen MR) is 235 cm³/mol. The van der Waals surface area contributed by atoms with Crippen LogP contribution >= 0.6 is 11.3 Å². The van der Waals surface area contributed by atoms with Crippen LogP contribution in [0.4, 0.5) is 17.1 Å². The zero-order chi connectivity index (χ0) is 36.3. The van der Waals surface area contributed by atoms with Crippen LogP contribution in [0.15, 0.2) is 205 Å². The highest BCUT2D eigenvalue weighted by atomic mass is 32.1. The molecule has 0 aliphatic carbocycles. The first kappa shape index (κ1) is 31.6. The van der Waals surface area contributed by atoms with Gasteiger partial charge < -0.3 is 9.32 Å². The maximum Gasteiger partial charge on any atom is 0.143 e. The normalized spacial score (nSPS) is 11.6. The minimum absolute atomic E-state index is 0.861. The molecule has 9 aromatic carbocycles. The number of thiophene rings is 1. The standard InChI is InChI=1S/C52H33NOS/c1-3-14-34(15-4-1)37-28-31-46(44(32-37)35-16-5-2-6-17-35)53(47-23-13-24-48-51(47)43-30-26-36-18-7-8-20-40(36)52(43)54-48)45-22-11-9-19-39(45)38-27-29-42-41-21-10-12-25-49(41)55-50(42)33-38/h1-33H.